The first-order valence-electron chi connectivity index (χ1n) is 13.0. The van der Waals surface area contributed by atoms with Gasteiger partial charge in [0.15, 0.2) is 0 Å². The maximum Gasteiger partial charge on any atom is 0.543 e. The minimum Gasteiger partial charge on any atom is -0.497 e. The highest BCUT2D eigenvalue weighted by Crippen LogP contribution is 2.14. The molecule has 0 atom stereocenters. The Kier molecular flexibility index (Phi) is 18.6. The highest BCUT2D eigenvalue weighted by atomic mass is 17.5. The van der Waals surface area contributed by atoms with Gasteiger partial charge in [0, 0.05) is 0 Å². The number of carbonyl (C=O) groups excluding carboxylic acids is 2. The van der Waals surface area contributed by atoms with Crippen LogP contribution in [0.3, 0.4) is 0 Å². The fraction of sp³-hybridized carbons (Fsp3) is 0.704. The smallest absolute Gasteiger partial charge is 0.497 e. The molecule has 0 unspecified atom stereocenters. The Morgan fingerprint density at radius 1 is 0.647 bits per heavy atom. The Labute approximate surface area is 205 Å². The predicted molar refractivity (Wildman–Crippen MR) is 131 cm³/mol. The third-order valence-electron chi connectivity index (χ3n) is 5.76. The number of unbranched alkanes of at least 4 members (excludes halogenated alkanes) is 15. The minimum absolute atomic E-state index is 0.228. The second kappa shape index (κ2) is 21.3. The Hall–Kier alpha value is -2.28. The van der Waals surface area contributed by atoms with E-state index in [9.17, 15) is 9.59 Å². The van der Waals surface area contributed by atoms with Crippen LogP contribution in [-0.4, -0.2) is 25.8 Å². The molecule has 0 aliphatic heterocycles. The van der Waals surface area contributed by atoms with Crippen LogP contribution in [0.15, 0.2) is 24.3 Å². The van der Waals surface area contributed by atoms with Crippen LogP contribution < -0.4 is 4.74 Å². The lowest BCUT2D eigenvalue weighted by molar-refractivity contribution is -0.452. The number of methoxy groups -OCH3 is 1. The Balaban J connectivity index is 1.83. The van der Waals surface area contributed by atoms with E-state index in [-0.39, 0.29) is 12.2 Å². The van der Waals surface area contributed by atoms with Crippen LogP contribution in [0.1, 0.15) is 120 Å². The number of hydrogen-bond acceptors (Lipinski definition) is 7. The zero-order valence-electron chi connectivity index (χ0n) is 21.2. The van der Waals surface area contributed by atoms with Gasteiger partial charge in [-0.05, 0) is 30.7 Å². The fourth-order valence-electron chi connectivity index (χ4n) is 3.68. The number of carbonyl (C=O) groups is 2. The van der Waals surface area contributed by atoms with Crippen LogP contribution in [-0.2, 0) is 19.6 Å². The summed E-state index contributed by atoms with van der Waals surface area (Å²) in [7, 11) is 1.52. The van der Waals surface area contributed by atoms with Crippen molar-refractivity contribution in [2.45, 2.75) is 110 Å². The van der Waals surface area contributed by atoms with Crippen LogP contribution in [0.4, 0.5) is 4.79 Å². The molecular weight excluding hydrogens is 436 g/mol. The second-order valence-corrected chi connectivity index (χ2v) is 8.65. The van der Waals surface area contributed by atoms with E-state index in [0.29, 0.717) is 5.75 Å². The zero-order valence-corrected chi connectivity index (χ0v) is 21.2. The van der Waals surface area contributed by atoms with Gasteiger partial charge in [-0.15, -0.1) is 0 Å². The lowest BCUT2D eigenvalue weighted by atomic mass is 10.0. The molecule has 0 heterocycles. The standard InChI is InChI=1S/C27H44O7/c1-3-4-5-6-7-8-9-10-11-12-13-14-15-16-17-18-23-31-27(29)33-34-32-26(28)24-19-21-25(30-2)22-20-24/h19-22H,3-18,23H2,1-2H3. The van der Waals surface area contributed by atoms with Crippen molar-refractivity contribution in [2.75, 3.05) is 13.7 Å². The molecule has 0 amide bonds. The van der Waals surface area contributed by atoms with Crippen molar-refractivity contribution in [3.8, 4) is 5.75 Å². The van der Waals surface area contributed by atoms with Gasteiger partial charge in [0.2, 0.25) is 0 Å². The molecule has 0 bridgehead atoms. The number of ether oxygens (including phenoxy) is 2. The molecule has 0 aromatic heterocycles. The van der Waals surface area contributed by atoms with Gasteiger partial charge in [-0.2, -0.15) is 0 Å². The summed E-state index contributed by atoms with van der Waals surface area (Å²) in [6.07, 6.45) is 19.5. The van der Waals surface area contributed by atoms with Gasteiger partial charge in [0.05, 0.1) is 24.3 Å². The first-order valence-corrected chi connectivity index (χ1v) is 13.0. The topological polar surface area (TPSA) is 80.3 Å². The molecule has 0 N–H and O–H groups in total. The molecule has 34 heavy (non-hydrogen) atoms. The summed E-state index contributed by atoms with van der Waals surface area (Å²) in [5.41, 5.74) is 0.228. The summed E-state index contributed by atoms with van der Waals surface area (Å²) in [6.45, 7) is 2.51. The number of benzene rings is 1. The van der Waals surface area contributed by atoms with Gasteiger partial charge >= 0.3 is 12.1 Å². The van der Waals surface area contributed by atoms with E-state index in [2.05, 4.69) is 21.7 Å². The molecule has 0 saturated carbocycles. The van der Waals surface area contributed by atoms with Crippen LogP contribution in [0.5, 0.6) is 5.75 Å². The van der Waals surface area contributed by atoms with Gasteiger partial charge in [0.25, 0.3) is 0 Å². The van der Waals surface area contributed by atoms with Gasteiger partial charge in [-0.1, -0.05) is 103 Å². The first-order chi connectivity index (χ1) is 16.7. The average molecular weight is 481 g/mol. The van der Waals surface area contributed by atoms with Crippen LogP contribution in [0.2, 0.25) is 0 Å². The number of hydrogen-bond donors (Lipinski definition) is 0. The highest BCUT2D eigenvalue weighted by Gasteiger charge is 2.12. The summed E-state index contributed by atoms with van der Waals surface area (Å²) in [5.74, 6) is -0.195. The van der Waals surface area contributed by atoms with Gasteiger partial charge in [0.1, 0.15) is 5.75 Å². The summed E-state index contributed by atoms with van der Waals surface area (Å²) in [6, 6.07) is 6.20. The van der Waals surface area contributed by atoms with Crippen molar-refractivity contribution in [1.29, 1.82) is 0 Å². The third-order valence-corrected chi connectivity index (χ3v) is 5.76. The summed E-state index contributed by atoms with van der Waals surface area (Å²) >= 11 is 0. The molecule has 7 heteroatoms. The van der Waals surface area contributed by atoms with E-state index in [1.807, 2.05) is 0 Å². The molecular formula is C27H44O7. The normalized spacial score (nSPS) is 10.6. The highest BCUT2D eigenvalue weighted by molar-refractivity contribution is 5.89. The molecule has 1 rings (SSSR count). The largest absolute Gasteiger partial charge is 0.543 e. The van der Waals surface area contributed by atoms with Crippen LogP contribution in [0, 0.1) is 0 Å². The summed E-state index contributed by atoms with van der Waals surface area (Å²) in [5, 5.41) is 4.20. The van der Waals surface area contributed by atoms with Gasteiger partial charge in [-0.25, -0.2) is 14.5 Å². The van der Waals surface area contributed by atoms with Crippen molar-refractivity contribution in [3.63, 3.8) is 0 Å². The quantitative estimate of drug-likeness (QED) is 0.0760. The summed E-state index contributed by atoms with van der Waals surface area (Å²) < 4.78 is 9.89. The molecule has 0 radical (unpaired) electrons. The minimum atomic E-state index is -1.04. The maximum absolute atomic E-state index is 11.7. The molecule has 0 fully saturated rings. The Morgan fingerprint density at radius 2 is 1.12 bits per heavy atom. The molecule has 7 nitrogen and oxygen atoms in total. The van der Waals surface area contributed by atoms with Crippen LogP contribution in [0.25, 0.3) is 0 Å². The zero-order chi connectivity index (χ0) is 24.7. The maximum atomic E-state index is 11.7. The lowest BCUT2D eigenvalue weighted by Crippen LogP contribution is -2.12. The van der Waals surface area contributed by atoms with Crippen molar-refractivity contribution in [1.82, 2.24) is 0 Å². The van der Waals surface area contributed by atoms with E-state index in [0.717, 1.165) is 19.3 Å². The van der Waals surface area contributed by atoms with E-state index in [1.165, 1.54) is 103 Å². The summed E-state index contributed by atoms with van der Waals surface area (Å²) in [4.78, 5) is 31.8. The first kappa shape index (κ1) is 29.8. The fourth-order valence-corrected chi connectivity index (χ4v) is 3.68. The van der Waals surface area contributed by atoms with E-state index < -0.39 is 12.1 Å². The molecule has 0 aliphatic carbocycles. The van der Waals surface area contributed by atoms with Gasteiger partial charge < -0.3 is 9.47 Å². The second-order valence-electron chi connectivity index (χ2n) is 8.65. The molecule has 194 valence electrons. The average Bonchev–Trinajstić information content (AvgIpc) is 2.86. The molecule has 1 aromatic carbocycles. The molecule has 0 saturated heterocycles. The van der Waals surface area contributed by atoms with E-state index in [1.54, 1.807) is 12.1 Å². The predicted octanol–water partition coefficient (Wildman–Crippen LogP) is 8.11. The van der Waals surface area contributed by atoms with Crippen molar-refractivity contribution >= 4 is 12.1 Å². The monoisotopic (exact) mass is 480 g/mol. The van der Waals surface area contributed by atoms with E-state index >= 15 is 0 Å². The van der Waals surface area contributed by atoms with Crippen molar-refractivity contribution in [3.05, 3.63) is 29.8 Å². The third kappa shape index (κ3) is 16.4. The molecule has 0 aliphatic rings. The number of rotatable bonds is 21. The molecule has 0 spiro atoms. The van der Waals surface area contributed by atoms with Crippen molar-refractivity contribution < 1.29 is 33.9 Å². The van der Waals surface area contributed by atoms with Crippen LogP contribution >= 0.6 is 0 Å². The Bertz CT molecular complexity index is 630. The lowest BCUT2D eigenvalue weighted by Gasteiger charge is -2.05. The SMILES string of the molecule is CCCCCCCCCCCCCCCCCCOC(=O)OOOC(=O)c1ccc(OC)cc1. The molecule has 1 aromatic rings. The van der Waals surface area contributed by atoms with Crippen molar-refractivity contribution in [2.24, 2.45) is 0 Å². The Morgan fingerprint density at radius 3 is 1.59 bits per heavy atom. The van der Waals surface area contributed by atoms with E-state index in [4.69, 9.17) is 9.47 Å². The van der Waals surface area contributed by atoms with Gasteiger partial charge in [-0.3, -0.25) is 4.89 Å².